The molecule has 2 aromatic rings. The van der Waals surface area contributed by atoms with E-state index >= 15 is 0 Å². The summed E-state index contributed by atoms with van der Waals surface area (Å²) >= 11 is 6.16. The molecule has 0 aromatic heterocycles. The van der Waals surface area contributed by atoms with Crippen molar-refractivity contribution in [1.29, 1.82) is 0 Å². The second-order valence-electron chi connectivity index (χ2n) is 7.67. The van der Waals surface area contributed by atoms with Gasteiger partial charge in [0.05, 0.1) is 6.04 Å². The zero-order valence-corrected chi connectivity index (χ0v) is 17.0. The molecule has 0 unspecified atom stereocenters. The van der Waals surface area contributed by atoms with Crippen molar-refractivity contribution in [1.82, 2.24) is 5.32 Å². The highest BCUT2D eigenvalue weighted by molar-refractivity contribution is 6.31. The summed E-state index contributed by atoms with van der Waals surface area (Å²) in [4.78, 5) is 14.8. The number of piperidine rings is 1. The maximum Gasteiger partial charge on any atom is 0.220 e. The number of halogens is 1. The fourth-order valence-electron chi connectivity index (χ4n) is 3.74. The van der Waals surface area contributed by atoms with Gasteiger partial charge in [0.1, 0.15) is 0 Å². The summed E-state index contributed by atoms with van der Waals surface area (Å²) < 4.78 is 0. The molecule has 1 aliphatic heterocycles. The zero-order valence-electron chi connectivity index (χ0n) is 16.2. The first kappa shape index (κ1) is 19.8. The average molecular weight is 385 g/mol. The smallest absolute Gasteiger partial charge is 0.220 e. The molecule has 3 nitrogen and oxygen atoms in total. The topological polar surface area (TPSA) is 32.3 Å². The van der Waals surface area contributed by atoms with E-state index in [1.807, 2.05) is 31.2 Å². The fourth-order valence-corrected chi connectivity index (χ4v) is 3.97. The highest BCUT2D eigenvalue weighted by Crippen LogP contribution is 2.24. The van der Waals surface area contributed by atoms with Gasteiger partial charge in [0.25, 0.3) is 0 Å². The van der Waals surface area contributed by atoms with Crippen LogP contribution in [-0.2, 0) is 11.2 Å². The second-order valence-corrected chi connectivity index (χ2v) is 8.07. The van der Waals surface area contributed by atoms with Crippen molar-refractivity contribution in [2.45, 2.75) is 45.6 Å². The Labute approximate surface area is 167 Å². The predicted molar refractivity (Wildman–Crippen MR) is 113 cm³/mol. The summed E-state index contributed by atoms with van der Waals surface area (Å²) in [7, 11) is 0. The van der Waals surface area contributed by atoms with Crippen LogP contribution in [-0.4, -0.2) is 19.0 Å². The van der Waals surface area contributed by atoms with Gasteiger partial charge in [0, 0.05) is 30.2 Å². The van der Waals surface area contributed by atoms with Crippen molar-refractivity contribution < 1.29 is 4.79 Å². The monoisotopic (exact) mass is 384 g/mol. The predicted octanol–water partition coefficient (Wildman–Crippen LogP) is 5.39. The van der Waals surface area contributed by atoms with Crippen molar-refractivity contribution in [2.24, 2.45) is 5.92 Å². The molecule has 4 heteroatoms. The van der Waals surface area contributed by atoms with Crippen LogP contribution in [0.5, 0.6) is 0 Å². The molecular formula is C23H29ClN2O. The first-order valence-electron chi connectivity index (χ1n) is 9.90. The van der Waals surface area contributed by atoms with Gasteiger partial charge in [-0.1, -0.05) is 48.9 Å². The minimum Gasteiger partial charge on any atom is -0.371 e. The van der Waals surface area contributed by atoms with Gasteiger partial charge in [0.2, 0.25) is 5.91 Å². The van der Waals surface area contributed by atoms with Gasteiger partial charge in [-0.2, -0.15) is 0 Å². The summed E-state index contributed by atoms with van der Waals surface area (Å²) in [6, 6.07) is 16.3. The molecule has 1 fully saturated rings. The molecule has 1 amide bonds. The number of carbonyl (C=O) groups excluding carboxylic acids is 1. The van der Waals surface area contributed by atoms with Gasteiger partial charge in [-0.3, -0.25) is 4.79 Å². The molecule has 0 aliphatic carbocycles. The van der Waals surface area contributed by atoms with E-state index in [1.54, 1.807) is 0 Å². The Morgan fingerprint density at radius 3 is 2.67 bits per heavy atom. The Morgan fingerprint density at radius 1 is 1.22 bits per heavy atom. The first-order chi connectivity index (χ1) is 13.0. The van der Waals surface area contributed by atoms with Crippen molar-refractivity contribution in [2.75, 3.05) is 18.0 Å². The van der Waals surface area contributed by atoms with Gasteiger partial charge >= 0.3 is 0 Å². The number of aryl methyl sites for hydroxylation is 1. The third-order valence-corrected chi connectivity index (χ3v) is 5.74. The molecule has 1 N–H and O–H groups in total. The highest BCUT2D eigenvalue weighted by Gasteiger charge is 2.17. The molecule has 144 valence electrons. The van der Waals surface area contributed by atoms with Gasteiger partial charge in [0.15, 0.2) is 0 Å². The molecule has 0 bridgehead atoms. The van der Waals surface area contributed by atoms with Crippen molar-refractivity contribution in [3.05, 3.63) is 64.7 Å². The highest BCUT2D eigenvalue weighted by atomic mass is 35.5. The third kappa shape index (κ3) is 5.49. The van der Waals surface area contributed by atoms with Gasteiger partial charge in [-0.25, -0.2) is 0 Å². The van der Waals surface area contributed by atoms with Crippen LogP contribution in [0.1, 0.15) is 50.3 Å². The number of carbonyl (C=O) groups is 1. The molecular weight excluding hydrogens is 356 g/mol. The summed E-state index contributed by atoms with van der Waals surface area (Å²) in [5.74, 6) is 0.811. The lowest BCUT2D eigenvalue weighted by atomic mass is 9.99. The summed E-state index contributed by atoms with van der Waals surface area (Å²) in [6.07, 6.45) is 3.69. The molecule has 0 spiro atoms. The van der Waals surface area contributed by atoms with Gasteiger partial charge < -0.3 is 10.2 Å². The summed E-state index contributed by atoms with van der Waals surface area (Å²) in [6.45, 7) is 6.62. The lowest BCUT2D eigenvalue weighted by Crippen LogP contribution is -2.34. The zero-order chi connectivity index (χ0) is 19.2. The van der Waals surface area contributed by atoms with E-state index in [0.717, 1.165) is 35.2 Å². The number of benzene rings is 2. The number of amides is 1. The van der Waals surface area contributed by atoms with E-state index < -0.39 is 0 Å². The Balaban J connectivity index is 1.52. The molecule has 1 heterocycles. The van der Waals surface area contributed by atoms with E-state index in [9.17, 15) is 4.79 Å². The van der Waals surface area contributed by atoms with Crippen LogP contribution in [0.15, 0.2) is 48.5 Å². The number of hydrogen-bond donors (Lipinski definition) is 1. The Kier molecular flexibility index (Phi) is 6.78. The Bertz CT molecular complexity index is 759. The molecule has 2 atom stereocenters. The van der Waals surface area contributed by atoms with Gasteiger partial charge in [-0.15, -0.1) is 0 Å². The Morgan fingerprint density at radius 2 is 1.96 bits per heavy atom. The summed E-state index contributed by atoms with van der Waals surface area (Å²) in [5, 5.41) is 3.82. The third-order valence-electron chi connectivity index (χ3n) is 5.37. The first-order valence-corrected chi connectivity index (χ1v) is 10.3. The van der Waals surface area contributed by atoms with Crippen molar-refractivity contribution >= 4 is 23.2 Å². The minimum atomic E-state index is -0.00178. The van der Waals surface area contributed by atoms with E-state index in [0.29, 0.717) is 12.8 Å². The van der Waals surface area contributed by atoms with Crippen molar-refractivity contribution in [3.63, 3.8) is 0 Å². The van der Waals surface area contributed by atoms with Crippen molar-refractivity contribution in [3.8, 4) is 0 Å². The van der Waals surface area contributed by atoms with Crippen LogP contribution in [0.4, 0.5) is 5.69 Å². The second kappa shape index (κ2) is 9.27. The summed E-state index contributed by atoms with van der Waals surface area (Å²) in [5.41, 5.74) is 3.43. The van der Waals surface area contributed by atoms with E-state index in [1.165, 1.54) is 18.5 Å². The SMILES string of the molecule is C[C@H]1CCCN(c2ccc([C@@H](C)NC(=O)CCc3ccccc3Cl)cc2)C1. The standard InChI is InChI=1S/C23H29ClN2O/c1-17-6-5-15-26(16-17)21-12-9-19(10-13-21)18(2)25-23(27)14-11-20-7-3-4-8-22(20)24/h3-4,7-10,12-13,17-18H,5-6,11,14-16H2,1-2H3,(H,25,27)/t17-,18+/m0/s1. The van der Waals surface area contributed by atoms with Crippen LogP contribution in [0.3, 0.4) is 0 Å². The molecule has 2 aromatic carbocycles. The van der Waals surface area contributed by atoms with E-state index in [4.69, 9.17) is 11.6 Å². The quantitative estimate of drug-likeness (QED) is 0.724. The van der Waals surface area contributed by atoms with E-state index in [-0.39, 0.29) is 11.9 Å². The largest absolute Gasteiger partial charge is 0.371 e. The number of anilines is 1. The lowest BCUT2D eigenvalue weighted by Gasteiger charge is -2.33. The average Bonchev–Trinajstić information content (AvgIpc) is 2.67. The van der Waals surface area contributed by atoms with Crippen LogP contribution in [0.25, 0.3) is 0 Å². The number of hydrogen-bond acceptors (Lipinski definition) is 2. The number of rotatable bonds is 6. The molecule has 1 saturated heterocycles. The maximum atomic E-state index is 12.3. The number of nitrogens with one attached hydrogen (secondary N) is 1. The maximum absolute atomic E-state index is 12.3. The molecule has 27 heavy (non-hydrogen) atoms. The normalized spacial score (nSPS) is 18.2. The van der Waals surface area contributed by atoms with Crippen LogP contribution < -0.4 is 10.2 Å². The van der Waals surface area contributed by atoms with Crippen LogP contribution in [0, 0.1) is 5.92 Å². The molecule has 0 saturated carbocycles. The molecule has 3 rings (SSSR count). The number of nitrogens with zero attached hydrogens (tertiary/aromatic N) is 1. The lowest BCUT2D eigenvalue weighted by molar-refractivity contribution is -0.121. The van der Waals surface area contributed by atoms with Gasteiger partial charge in [-0.05, 0) is 61.4 Å². The minimum absolute atomic E-state index is 0.00178. The van der Waals surface area contributed by atoms with Crippen LogP contribution in [0.2, 0.25) is 5.02 Å². The van der Waals surface area contributed by atoms with E-state index in [2.05, 4.69) is 41.4 Å². The Hall–Kier alpha value is -2.00. The fraction of sp³-hybridized carbons (Fsp3) is 0.435. The van der Waals surface area contributed by atoms with Crippen LogP contribution >= 0.6 is 11.6 Å². The molecule has 1 aliphatic rings. The molecule has 0 radical (unpaired) electrons.